The fourth-order valence-corrected chi connectivity index (χ4v) is 2.37. The van der Waals surface area contributed by atoms with Crippen LogP contribution in [0.4, 0.5) is 5.69 Å². The van der Waals surface area contributed by atoms with Crippen molar-refractivity contribution in [2.75, 3.05) is 5.43 Å². The number of anilines is 1. The molecule has 0 aliphatic heterocycles. The largest absolute Gasteiger partial charge is 0.488 e. The summed E-state index contributed by atoms with van der Waals surface area (Å²) in [7, 11) is 0. The summed E-state index contributed by atoms with van der Waals surface area (Å²) < 4.78 is 6.21. The molecule has 2 aromatic carbocycles. The van der Waals surface area contributed by atoms with E-state index < -0.39 is 0 Å². The third-order valence-electron chi connectivity index (χ3n) is 3.34. The monoisotopic (exact) mass is 398 g/mol. The van der Waals surface area contributed by atoms with E-state index in [2.05, 4.69) is 36.7 Å². The van der Waals surface area contributed by atoms with Gasteiger partial charge < -0.3 is 4.74 Å². The molecular formula is C18H15BrN4O2. The smallest absolute Gasteiger partial charge is 0.280 e. The second-order valence-electron chi connectivity index (χ2n) is 5.11. The number of H-pyrrole nitrogens is 1. The van der Waals surface area contributed by atoms with E-state index >= 15 is 0 Å². The summed E-state index contributed by atoms with van der Waals surface area (Å²) in [5.41, 5.74) is 4.84. The average Bonchev–Trinajstić information content (AvgIpc) is 2.65. The van der Waals surface area contributed by atoms with Crippen molar-refractivity contribution >= 4 is 27.8 Å². The summed E-state index contributed by atoms with van der Waals surface area (Å²) in [6.07, 6.45) is 3.11. The molecule has 25 heavy (non-hydrogen) atoms. The topological polar surface area (TPSA) is 79.4 Å². The zero-order valence-corrected chi connectivity index (χ0v) is 14.7. The zero-order valence-electron chi connectivity index (χ0n) is 13.1. The molecule has 2 N–H and O–H groups in total. The quantitative estimate of drug-likeness (QED) is 0.491. The van der Waals surface area contributed by atoms with Gasteiger partial charge in [0.05, 0.1) is 18.1 Å². The molecule has 6 nitrogen and oxygen atoms in total. The highest BCUT2D eigenvalue weighted by Crippen LogP contribution is 2.18. The minimum atomic E-state index is -0.327. The first kappa shape index (κ1) is 16.9. The number of rotatable bonds is 6. The Morgan fingerprint density at radius 2 is 1.92 bits per heavy atom. The maximum atomic E-state index is 11.5. The number of para-hydroxylation sites is 1. The van der Waals surface area contributed by atoms with E-state index in [1.165, 1.54) is 6.20 Å². The van der Waals surface area contributed by atoms with Crippen LogP contribution in [0.15, 0.2) is 75.2 Å². The SMILES string of the molecule is O=c1[nH]ncc(N/N=C/c2ccccc2OCc2ccccc2)c1Br. The number of hydrogen-bond donors (Lipinski definition) is 2. The summed E-state index contributed by atoms with van der Waals surface area (Å²) in [5.74, 6) is 0.722. The molecule has 126 valence electrons. The third-order valence-corrected chi connectivity index (χ3v) is 4.13. The first-order valence-electron chi connectivity index (χ1n) is 7.52. The van der Waals surface area contributed by atoms with Gasteiger partial charge in [-0.1, -0.05) is 42.5 Å². The molecule has 7 heteroatoms. The van der Waals surface area contributed by atoms with Gasteiger partial charge in [-0.05, 0) is 33.6 Å². The van der Waals surface area contributed by atoms with Crippen molar-refractivity contribution in [3.8, 4) is 5.75 Å². The Hall–Kier alpha value is -2.93. The van der Waals surface area contributed by atoms with Crippen molar-refractivity contribution in [3.63, 3.8) is 0 Å². The normalized spacial score (nSPS) is 10.8. The Kier molecular flexibility index (Phi) is 5.58. The molecule has 0 unspecified atom stereocenters. The number of aromatic nitrogens is 2. The highest BCUT2D eigenvalue weighted by atomic mass is 79.9. The van der Waals surface area contributed by atoms with Gasteiger partial charge in [0.2, 0.25) is 0 Å². The minimum Gasteiger partial charge on any atom is -0.488 e. The predicted molar refractivity (Wildman–Crippen MR) is 101 cm³/mol. The Labute approximate surface area is 152 Å². The van der Waals surface area contributed by atoms with Crippen LogP contribution >= 0.6 is 15.9 Å². The lowest BCUT2D eigenvalue weighted by atomic mass is 10.2. The number of nitrogens with one attached hydrogen (secondary N) is 2. The maximum absolute atomic E-state index is 11.5. The predicted octanol–water partition coefficient (Wildman–Crippen LogP) is 3.56. The molecule has 1 heterocycles. The molecule has 3 rings (SSSR count). The Balaban J connectivity index is 1.70. The zero-order chi connectivity index (χ0) is 17.5. The highest BCUT2D eigenvalue weighted by molar-refractivity contribution is 9.10. The molecule has 3 aromatic rings. The lowest BCUT2D eigenvalue weighted by molar-refractivity contribution is 0.306. The van der Waals surface area contributed by atoms with Crippen LogP contribution in [0.3, 0.4) is 0 Å². The van der Waals surface area contributed by atoms with E-state index in [-0.39, 0.29) is 5.56 Å². The van der Waals surface area contributed by atoms with E-state index in [0.717, 1.165) is 16.9 Å². The number of benzene rings is 2. The molecule has 0 spiro atoms. The third kappa shape index (κ3) is 4.54. The Bertz CT molecular complexity index is 926. The second kappa shape index (κ2) is 8.25. The van der Waals surface area contributed by atoms with Crippen LogP contribution in [-0.2, 0) is 6.61 Å². The van der Waals surface area contributed by atoms with Crippen molar-refractivity contribution in [1.29, 1.82) is 0 Å². The van der Waals surface area contributed by atoms with Crippen LogP contribution in [0.5, 0.6) is 5.75 Å². The number of hydrazone groups is 1. The first-order chi connectivity index (χ1) is 12.2. The molecule has 0 atom stereocenters. The van der Waals surface area contributed by atoms with Gasteiger partial charge in [-0.25, -0.2) is 5.10 Å². The number of ether oxygens (including phenoxy) is 1. The first-order valence-corrected chi connectivity index (χ1v) is 8.31. The number of hydrogen-bond acceptors (Lipinski definition) is 5. The summed E-state index contributed by atoms with van der Waals surface area (Å²) in [6.45, 7) is 0.475. The molecule has 1 aromatic heterocycles. The van der Waals surface area contributed by atoms with Gasteiger partial charge in [0.15, 0.2) is 0 Å². The molecule has 0 aliphatic rings. The molecule has 0 saturated heterocycles. The van der Waals surface area contributed by atoms with Crippen LogP contribution in [0.25, 0.3) is 0 Å². The fourth-order valence-electron chi connectivity index (χ4n) is 2.09. The van der Waals surface area contributed by atoms with Crippen LogP contribution in [0, 0.1) is 0 Å². The van der Waals surface area contributed by atoms with E-state index in [1.807, 2.05) is 54.6 Å². The van der Waals surface area contributed by atoms with E-state index in [0.29, 0.717) is 16.8 Å². The maximum Gasteiger partial charge on any atom is 0.280 e. The summed E-state index contributed by atoms with van der Waals surface area (Å²) in [4.78, 5) is 11.5. The van der Waals surface area contributed by atoms with Crippen molar-refractivity contribution in [3.05, 3.63) is 86.7 Å². The number of halogens is 1. The van der Waals surface area contributed by atoms with Gasteiger partial charge >= 0.3 is 0 Å². The van der Waals surface area contributed by atoms with Crippen LogP contribution in [-0.4, -0.2) is 16.4 Å². The van der Waals surface area contributed by atoms with E-state index in [4.69, 9.17) is 4.74 Å². The van der Waals surface area contributed by atoms with Gasteiger partial charge in [-0.3, -0.25) is 10.2 Å². The molecule has 0 aliphatic carbocycles. The second-order valence-corrected chi connectivity index (χ2v) is 5.90. The lowest BCUT2D eigenvalue weighted by Gasteiger charge is -2.09. The molecule has 0 bridgehead atoms. The Morgan fingerprint density at radius 3 is 2.76 bits per heavy atom. The molecule has 0 amide bonds. The van der Waals surface area contributed by atoms with Gasteiger partial charge in [0.25, 0.3) is 5.56 Å². The van der Waals surface area contributed by atoms with E-state index in [1.54, 1.807) is 6.21 Å². The van der Waals surface area contributed by atoms with Gasteiger partial charge in [0.1, 0.15) is 16.8 Å². The van der Waals surface area contributed by atoms with Gasteiger partial charge in [-0.15, -0.1) is 0 Å². The summed E-state index contributed by atoms with van der Waals surface area (Å²) in [5, 5.41) is 10.2. The summed E-state index contributed by atoms with van der Waals surface area (Å²) in [6, 6.07) is 17.5. The molecule has 0 fully saturated rings. The van der Waals surface area contributed by atoms with E-state index in [9.17, 15) is 4.79 Å². The number of aromatic amines is 1. The standard InChI is InChI=1S/C18H15BrN4O2/c19-17-15(11-21-23-18(17)24)22-20-10-14-8-4-5-9-16(14)25-12-13-6-2-1-3-7-13/h1-11H,12H2,(H2,22,23,24)/b20-10+. The van der Waals surface area contributed by atoms with Crippen LogP contribution in [0.2, 0.25) is 0 Å². The summed E-state index contributed by atoms with van der Waals surface area (Å²) >= 11 is 3.19. The van der Waals surface area contributed by atoms with Gasteiger partial charge in [-0.2, -0.15) is 10.2 Å². The van der Waals surface area contributed by atoms with Crippen molar-refractivity contribution in [2.45, 2.75) is 6.61 Å². The van der Waals surface area contributed by atoms with Crippen molar-refractivity contribution in [1.82, 2.24) is 10.2 Å². The Morgan fingerprint density at radius 1 is 1.16 bits per heavy atom. The molecular weight excluding hydrogens is 384 g/mol. The molecule has 0 saturated carbocycles. The lowest BCUT2D eigenvalue weighted by Crippen LogP contribution is -2.10. The molecule has 0 radical (unpaired) electrons. The highest BCUT2D eigenvalue weighted by Gasteiger charge is 2.04. The fraction of sp³-hybridized carbons (Fsp3) is 0.0556. The van der Waals surface area contributed by atoms with Crippen molar-refractivity contribution < 1.29 is 4.74 Å². The minimum absolute atomic E-state index is 0.327. The number of nitrogens with zero attached hydrogens (tertiary/aromatic N) is 2. The van der Waals surface area contributed by atoms with Gasteiger partial charge in [0, 0.05) is 5.56 Å². The average molecular weight is 399 g/mol. The van der Waals surface area contributed by atoms with Crippen molar-refractivity contribution in [2.24, 2.45) is 5.10 Å². The van der Waals surface area contributed by atoms with Crippen LogP contribution in [0.1, 0.15) is 11.1 Å². The van der Waals surface area contributed by atoms with Crippen LogP contribution < -0.4 is 15.7 Å².